The molecule has 0 bridgehead atoms. The van der Waals surface area contributed by atoms with Crippen molar-refractivity contribution in [3.8, 4) is 11.5 Å². The molecule has 2 N–H and O–H groups in total. The quantitative estimate of drug-likeness (QED) is 0.781. The molecule has 0 radical (unpaired) electrons. The van der Waals surface area contributed by atoms with Gasteiger partial charge in [0.05, 0.1) is 4.11 Å². The highest BCUT2D eigenvalue weighted by Crippen LogP contribution is 2.24. The van der Waals surface area contributed by atoms with Crippen LogP contribution < -0.4 is 10.6 Å². The van der Waals surface area contributed by atoms with Crippen molar-refractivity contribution in [1.29, 1.82) is 0 Å². The van der Waals surface area contributed by atoms with Gasteiger partial charge in [0.1, 0.15) is 16.9 Å². The van der Waals surface area contributed by atoms with Crippen molar-refractivity contribution in [1.82, 2.24) is 19.9 Å². The highest BCUT2D eigenvalue weighted by Gasteiger charge is 2.36. The second-order valence-electron chi connectivity index (χ2n) is 4.32. The normalized spacial score (nSPS) is 23.3. The topological polar surface area (TPSA) is 75.6 Å². The number of rotatable bonds is 5. The van der Waals surface area contributed by atoms with Gasteiger partial charge in [-0.25, -0.2) is 4.98 Å². The van der Waals surface area contributed by atoms with Gasteiger partial charge in [0.25, 0.3) is 0 Å². The molecule has 0 fully saturated rings. The third-order valence-corrected chi connectivity index (χ3v) is 2.54. The number of nitrogens with one attached hydrogen (secondary N) is 2. The van der Waals surface area contributed by atoms with Crippen molar-refractivity contribution in [3.05, 3.63) is 23.3 Å². The van der Waals surface area contributed by atoms with Crippen LogP contribution in [0.3, 0.4) is 0 Å². The minimum atomic E-state index is -5.62. The summed E-state index contributed by atoms with van der Waals surface area (Å²) in [6, 6.07) is -4.54. The smallest absolute Gasteiger partial charge is 0.352 e. The molecule has 0 unspecified atom stereocenters. The lowest BCUT2D eigenvalue weighted by atomic mass is 10.3. The largest absolute Gasteiger partial charge is 0.408 e. The Morgan fingerprint density at radius 2 is 1.92 bits per heavy atom. The van der Waals surface area contributed by atoms with Gasteiger partial charge in [0, 0.05) is 14.2 Å². The molecule has 0 aromatic carbocycles. The van der Waals surface area contributed by atoms with Gasteiger partial charge in [-0.1, -0.05) is 17.7 Å². The van der Waals surface area contributed by atoms with Crippen molar-refractivity contribution in [2.75, 3.05) is 10.6 Å². The fraction of sp³-hybridized carbons (Fsp3) is 0.429. The summed E-state index contributed by atoms with van der Waals surface area (Å²) < 4.78 is 107. The summed E-state index contributed by atoms with van der Waals surface area (Å²) in [5, 5.41) is 3.21. The van der Waals surface area contributed by atoms with Gasteiger partial charge in [-0.2, -0.15) is 28.1 Å². The van der Waals surface area contributed by atoms with Gasteiger partial charge >= 0.3 is 6.18 Å². The lowest BCUT2D eigenvalue weighted by Crippen LogP contribution is -2.34. The zero-order valence-corrected chi connectivity index (χ0v) is 12.7. The van der Waals surface area contributed by atoms with Gasteiger partial charge in [0.15, 0.2) is 5.82 Å². The van der Waals surface area contributed by atoms with Crippen molar-refractivity contribution >= 4 is 23.5 Å². The summed E-state index contributed by atoms with van der Waals surface area (Å²) in [6.45, 7) is -5.94. The molecule has 6 nitrogen and oxygen atoms in total. The molecular formula is C14H16ClF3N6. The first-order valence-electron chi connectivity index (χ1n) is 10.7. The molecule has 0 amide bonds. The maximum Gasteiger partial charge on any atom is 0.408 e. The molecular weight excluding hydrogens is 345 g/mol. The highest BCUT2D eigenvalue weighted by atomic mass is 35.5. The Morgan fingerprint density at radius 1 is 1.21 bits per heavy atom. The lowest BCUT2D eigenvalue weighted by molar-refractivity contribution is -0.138. The molecule has 2 aromatic rings. The zero-order chi connectivity index (χ0) is 25.6. The van der Waals surface area contributed by atoms with Crippen LogP contribution in [-0.2, 0) is 0 Å². The van der Waals surface area contributed by atoms with Crippen LogP contribution in [0.25, 0.3) is 11.5 Å². The molecule has 2 atom stereocenters. The number of hydrogen-bond donors (Lipinski definition) is 2. The van der Waals surface area contributed by atoms with E-state index in [0.29, 0.717) is 0 Å². The molecule has 0 aliphatic carbocycles. The van der Waals surface area contributed by atoms with Crippen LogP contribution in [0.2, 0.25) is 5.15 Å². The summed E-state index contributed by atoms with van der Waals surface area (Å²) in [5.41, 5.74) is -0.193. The molecule has 0 saturated heterocycles. The van der Waals surface area contributed by atoms with Crippen LogP contribution in [0.4, 0.5) is 25.1 Å². The Morgan fingerprint density at radius 3 is 2.50 bits per heavy atom. The predicted molar refractivity (Wildman–Crippen MR) is 86.0 cm³/mol. The zero-order valence-electron chi connectivity index (χ0n) is 21.0. The number of nitrogens with zero attached hydrogens (tertiary/aromatic N) is 4. The van der Waals surface area contributed by atoms with E-state index in [1.165, 1.54) is 17.4 Å². The molecule has 0 aliphatic rings. The first-order valence-corrected chi connectivity index (χ1v) is 6.58. The summed E-state index contributed by atoms with van der Waals surface area (Å²) in [5.74, 6) is -2.30. The van der Waals surface area contributed by atoms with E-state index in [1.54, 1.807) is 0 Å². The van der Waals surface area contributed by atoms with E-state index in [1.807, 2.05) is 0 Å². The number of pyridine rings is 1. The Labute approximate surface area is 154 Å². The molecule has 2 rings (SSSR count). The molecule has 10 heteroatoms. The maximum atomic E-state index is 13.5. The Hall–Kier alpha value is -2.16. The van der Waals surface area contributed by atoms with Crippen molar-refractivity contribution in [2.24, 2.45) is 0 Å². The SMILES string of the molecule is [2H]c1ccc(-c2nc(N[C@]([2H])(C([2H])([2H])[2H])C(F)(F)F)nc(N[C@@]([2H])(C)C([2H])([2H])[2H])n2)nc1Cl. The first-order chi connectivity index (χ1) is 14.7. The van der Waals surface area contributed by atoms with E-state index in [9.17, 15) is 13.2 Å². The second-order valence-corrected chi connectivity index (χ2v) is 4.68. The molecule has 24 heavy (non-hydrogen) atoms. The average Bonchev–Trinajstić information content (AvgIpc) is 2.60. The van der Waals surface area contributed by atoms with Gasteiger partial charge in [-0.3, -0.25) is 0 Å². The third kappa shape index (κ3) is 4.92. The van der Waals surface area contributed by atoms with Crippen LogP contribution in [0.15, 0.2) is 18.2 Å². The molecule has 2 aromatic heterocycles. The summed E-state index contributed by atoms with van der Waals surface area (Å²) >= 11 is 5.78. The van der Waals surface area contributed by atoms with E-state index in [-0.39, 0.29) is 16.9 Å². The fourth-order valence-electron chi connectivity index (χ4n) is 1.44. The number of anilines is 2. The number of alkyl halides is 3. The number of halogens is 4. The Balaban J connectivity index is 2.68. The van der Waals surface area contributed by atoms with Crippen LogP contribution in [0.5, 0.6) is 0 Å². The molecule has 0 aliphatic heterocycles. The van der Waals surface area contributed by atoms with E-state index in [4.69, 9.17) is 23.9 Å². The Bertz CT molecular complexity index is 1010. The molecule has 0 saturated carbocycles. The molecule has 130 valence electrons. The van der Waals surface area contributed by atoms with Crippen molar-refractivity contribution < 1.29 is 25.5 Å². The molecule has 0 spiro atoms. The van der Waals surface area contributed by atoms with Gasteiger partial charge < -0.3 is 10.6 Å². The van der Waals surface area contributed by atoms with Gasteiger partial charge in [0.2, 0.25) is 11.9 Å². The minimum absolute atomic E-state index is 0.193. The highest BCUT2D eigenvalue weighted by molar-refractivity contribution is 6.29. The second kappa shape index (κ2) is 7.16. The van der Waals surface area contributed by atoms with E-state index >= 15 is 0 Å². The minimum Gasteiger partial charge on any atom is -0.352 e. The van der Waals surface area contributed by atoms with Crippen molar-refractivity contribution in [3.63, 3.8) is 0 Å². The van der Waals surface area contributed by atoms with E-state index < -0.39 is 49.6 Å². The van der Waals surface area contributed by atoms with E-state index in [2.05, 4.69) is 25.3 Å². The summed E-state index contributed by atoms with van der Waals surface area (Å²) in [6.07, 6.45) is -5.62. The Kier molecular flexibility index (Phi) is 2.79. The predicted octanol–water partition coefficient (Wildman–Crippen LogP) is 3.77. The average molecular weight is 370 g/mol. The van der Waals surface area contributed by atoms with Crippen LogP contribution >= 0.6 is 11.6 Å². The monoisotopic (exact) mass is 369 g/mol. The van der Waals surface area contributed by atoms with Crippen LogP contribution in [-0.4, -0.2) is 38.1 Å². The standard InChI is InChI=1S/C14H16ClF3N6/c1-7(2)19-12-22-11(9-5-4-6-10(15)21-9)23-13(24-12)20-8(3)14(16,17)18/h4-8H,1-3H3,(H2,19,20,22,23,24)/t8-/m1/s1/i1D3,3D3,6D,7D,8D/t7-,8-. The number of aromatic nitrogens is 4. The molecule has 2 heterocycles. The first kappa shape index (κ1) is 9.36. The van der Waals surface area contributed by atoms with Crippen LogP contribution in [0.1, 0.15) is 33.0 Å². The van der Waals surface area contributed by atoms with Crippen LogP contribution in [0, 0.1) is 0 Å². The maximum absolute atomic E-state index is 13.5. The summed E-state index contributed by atoms with van der Waals surface area (Å²) in [4.78, 5) is 14.8. The summed E-state index contributed by atoms with van der Waals surface area (Å²) in [7, 11) is 0. The number of hydrogen-bond acceptors (Lipinski definition) is 6. The lowest BCUT2D eigenvalue weighted by Gasteiger charge is -2.18. The van der Waals surface area contributed by atoms with Crippen molar-refractivity contribution in [2.45, 2.75) is 38.8 Å². The third-order valence-electron chi connectivity index (χ3n) is 2.35. The van der Waals surface area contributed by atoms with Gasteiger partial charge in [-0.15, -0.1) is 0 Å². The van der Waals surface area contributed by atoms with E-state index in [0.717, 1.165) is 6.92 Å². The van der Waals surface area contributed by atoms with Gasteiger partial charge in [-0.05, 0) is 32.7 Å². The fourth-order valence-corrected chi connectivity index (χ4v) is 1.60.